The Morgan fingerprint density at radius 2 is 2.00 bits per heavy atom. The Bertz CT molecular complexity index is 270. The second-order valence-corrected chi connectivity index (χ2v) is 5.06. The Hall–Kier alpha value is -0.810. The van der Waals surface area contributed by atoms with Crippen molar-refractivity contribution in [2.45, 2.75) is 37.6 Å². The van der Waals surface area contributed by atoms with Crippen molar-refractivity contribution < 1.29 is 10.3 Å². The first-order valence-electron chi connectivity index (χ1n) is 5.46. The monoisotopic (exact) mass is 213 g/mol. The van der Waals surface area contributed by atoms with E-state index < -0.39 is 0 Å². The molecule has 2 aliphatic carbocycles. The normalized spacial score (nSPS) is 26.3. The standard InChI is InChI=1S/C10H19N3O2/c11-8(13-15)5-9(1-2-9)6-12-10(7-14)3-4-10/h12,14-15H,1-7H2,(H2,11,13). The average molecular weight is 213 g/mol. The number of aliphatic hydroxyl groups excluding tert-OH is 1. The molecule has 0 unspecified atom stereocenters. The molecule has 0 radical (unpaired) electrons. The molecule has 86 valence electrons. The van der Waals surface area contributed by atoms with Gasteiger partial charge in [0.1, 0.15) is 5.84 Å². The summed E-state index contributed by atoms with van der Waals surface area (Å²) < 4.78 is 0. The third kappa shape index (κ3) is 2.41. The Morgan fingerprint density at radius 1 is 1.33 bits per heavy atom. The fourth-order valence-electron chi connectivity index (χ4n) is 1.93. The van der Waals surface area contributed by atoms with E-state index in [1.807, 2.05) is 0 Å². The van der Waals surface area contributed by atoms with Gasteiger partial charge in [0.05, 0.1) is 6.61 Å². The molecule has 2 fully saturated rings. The topological polar surface area (TPSA) is 90.9 Å². The molecule has 0 amide bonds. The lowest BCUT2D eigenvalue weighted by molar-refractivity contribution is 0.222. The lowest BCUT2D eigenvalue weighted by Gasteiger charge is -2.20. The minimum atomic E-state index is -0.0132. The van der Waals surface area contributed by atoms with Gasteiger partial charge in [0.25, 0.3) is 0 Å². The second kappa shape index (κ2) is 3.64. The van der Waals surface area contributed by atoms with Crippen LogP contribution in [0.4, 0.5) is 0 Å². The molecule has 0 bridgehead atoms. The van der Waals surface area contributed by atoms with Crippen molar-refractivity contribution in [1.29, 1.82) is 0 Å². The Morgan fingerprint density at radius 3 is 2.40 bits per heavy atom. The molecule has 0 spiro atoms. The number of aliphatic hydroxyl groups is 1. The summed E-state index contributed by atoms with van der Waals surface area (Å²) >= 11 is 0. The summed E-state index contributed by atoms with van der Waals surface area (Å²) in [7, 11) is 0. The van der Waals surface area contributed by atoms with Crippen LogP contribution in [-0.4, -0.2) is 34.8 Å². The summed E-state index contributed by atoms with van der Waals surface area (Å²) in [4.78, 5) is 0. The van der Waals surface area contributed by atoms with Crippen LogP contribution in [0, 0.1) is 5.41 Å². The lowest BCUT2D eigenvalue weighted by Crippen LogP contribution is -2.39. The van der Waals surface area contributed by atoms with Gasteiger partial charge in [-0.3, -0.25) is 0 Å². The van der Waals surface area contributed by atoms with E-state index in [1.54, 1.807) is 0 Å². The summed E-state index contributed by atoms with van der Waals surface area (Å²) in [5.74, 6) is 0.308. The second-order valence-electron chi connectivity index (χ2n) is 5.06. The van der Waals surface area contributed by atoms with Crippen LogP contribution in [0.5, 0.6) is 0 Å². The number of nitrogens with one attached hydrogen (secondary N) is 1. The van der Waals surface area contributed by atoms with Gasteiger partial charge in [-0.1, -0.05) is 5.16 Å². The molecule has 0 atom stereocenters. The number of oxime groups is 1. The van der Waals surface area contributed by atoms with Crippen LogP contribution in [0.2, 0.25) is 0 Å². The first-order chi connectivity index (χ1) is 7.14. The summed E-state index contributed by atoms with van der Waals surface area (Å²) in [5.41, 5.74) is 5.68. The highest BCUT2D eigenvalue weighted by Crippen LogP contribution is 2.49. The Labute approximate surface area is 89.3 Å². The van der Waals surface area contributed by atoms with Gasteiger partial charge in [0, 0.05) is 18.5 Å². The molecule has 0 aromatic heterocycles. The van der Waals surface area contributed by atoms with Crippen molar-refractivity contribution in [3.8, 4) is 0 Å². The Kier molecular flexibility index (Phi) is 2.60. The zero-order valence-corrected chi connectivity index (χ0v) is 8.87. The van der Waals surface area contributed by atoms with Gasteiger partial charge in [-0.2, -0.15) is 0 Å². The van der Waals surface area contributed by atoms with Crippen molar-refractivity contribution in [2.24, 2.45) is 16.3 Å². The van der Waals surface area contributed by atoms with E-state index >= 15 is 0 Å². The number of amidine groups is 1. The van der Waals surface area contributed by atoms with Gasteiger partial charge in [0.2, 0.25) is 0 Å². The molecule has 2 saturated carbocycles. The molecule has 0 aliphatic heterocycles. The predicted octanol–water partition coefficient (Wildman–Crippen LogP) is 0.0176. The smallest absolute Gasteiger partial charge is 0.139 e. The fourth-order valence-corrected chi connectivity index (χ4v) is 1.93. The summed E-state index contributed by atoms with van der Waals surface area (Å²) in [5, 5.41) is 24.1. The summed E-state index contributed by atoms with van der Waals surface area (Å²) in [6.45, 7) is 1.08. The maximum Gasteiger partial charge on any atom is 0.139 e. The van der Waals surface area contributed by atoms with Gasteiger partial charge in [0.15, 0.2) is 0 Å². The van der Waals surface area contributed by atoms with Crippen molar-refractivity contribution in [2.75, 3.05) is 13.2 Å². The molecular weight excluding hydrogens is 194 g/mol. The van der Waals surface area contributed by atoms with Crippen LogP contribution in [0.25, 0.3) is 0 Å². The Balaban J connectivity index is 1.79. The van der Waals surface area contributed by atoms with Gasteiger partial charge < -0.3 is 21.4 Å². The molecule has 0 aromatic rings. The zero-order chi connectivity index (χ0) is 10.9. The molecular formula is C10H19N3O2. The minimum Gasteiger partial charge on any atom is -0.409 e. The average Bonchev–Trinajstić information content (AvgIpc) is 3.12. The zero-order valence-electron chi connectivity index (χ0n) is 8.87. The third-order valence-electron chi connectivity index (χ3n) is 3.64. The number of nitrogens with zero attached hydrogens (tertiary/aromatic N) is 1. The van der Waals surface area contributed by atoms with Crippen LogP contribution in [0.15, 0.2) is 5.16 Å². The van der Waals surface area contributed by atoms with Crippen molar-refractivity contribution in [3.63, 3.8) is 0 Å². The molecule has 5 N–H and O–H groups in total. The third-order valence-corrected chi connectivity index (χ3v) is 3.64. The van der Waals surface area contributed by atoms with Crippen molar-refractivity contribution >= 4 is 5.84 Å². The molecule has 2 aliphatic rings. The SMILES string of the molecule is NC(CC1(CNC2(CO)CC2)CC1)=NO. The predicted molar refractivity (Wildman–Crippen MR) is 56.7 cm³/mol. The van der Waals surface area contributed by atoms with Crippen LogP contribution >= 0.6 is 0 Å². The molecule has 2 rings (SSSR count). The molecule has 15 heavy (non-hydrogen) atoms. The van der Waals surface area contributed by atoms with Gasteiger partial charge >= 0.3 is 0 Å². The van der Waals surface area contributed by atoms with Gasteiger partial charge in [-0.05, 0) is 31.1 Å². The van der Waals surface area contributed by atoms with E-state index in [1.165, 1.54) is 0 Å². The minimum absolute atomic E-state index is 0.0132. The molecule has 0 saturated heterocycles. The number of hydrogen-bond acceptors (Lipinski definition) is 4. The van der Waals surface area contributed by atoms with Crippen LogP contribution in [-0.2, 0) is 0 Å². The maximum absolute atomic E-state index is 9.15. The maximum atomic E-state index is 9.15. The highest BCUT2D eigenvalue weighted by atomic mass is 16.4. The quantitative estimate of drug-likeness (QED) is 0.217. The summed E-state index contributed by atoms with van der Waals surface area (Å²) in [6.07, 6.45) is 5.01. The molecule has 5 heteroatoms. The molecule has 0 aromatic carbocycles. The van der Waals surface area contributed by atoms with Crippen LogP contribution < -0.4 is 11.1 Å². The van der Waals surface area contributed by atoms with Crippen molar-refractivity contribution in [1.82, 2.24) is 5.32 Å². The van der Waals surface area contributed by atoms with E-state index in [-0.39, 0.29) is 17.6 Å². The van der Waals surface area contributed by atoms with E-state index in [9.17, 15) is 0 Å². The molecule has 5 nitrogen and oxygen atoms in total. The van der Waals surface area contributed by atoms with E-state index in [0.717, 1.165) is 32.2 Å². The van der Waals surface area contributed by atoms with Crippen molar-refractivity contribution in [3.05, 3.63) is 0 Å². The van der Waals surface area contributed by atoms with Gasteiger partial charge in [-0.15, -0.1) is 0 Å². The first-order valence-corrected chi connectivity index (χ1v) is 5.46. The van der Waals surface area contributed by atoms with Crippen LogP contribution in [0.1, 0.15) is 32.1 Å². The van der Waals surface area contributed by atoms with Gasteiger partial charge in [-0.25, -0.2) is 0 Å². The fraction of sp³-hybridized carbons (Fsp3) is 0.900. The van der Waals surface area contributed by atoms with Crippen LogP contribution in [0.3, 0.4) is 0 Å². The highest BCUT2D eigenvalue weighted by molar-refractivity contribution is 5.80. The number of hydrogen-bond donors (Lipinski definition) is 4. The van der Waals surface area contributed by atoms with E-state index in [0.29, 0.717) is 12.3 Å². The summed E-state index contributed by atoms with van der Waals surface area (Å²) in [6, 6.07) is 0. The number of nitrogens with two attached hydrogens (primary N) is 1. The first kappa shape index (κ1) is 10.7. The largest absolute Gasteiger partial charge is 0.409 e. The molecule has 0 heterocycles. The van der Waals surface area contributed by atoms with E-state index in [4.69, 9.17) is 16.0 Å². The number of rotatable bonds is 6. The lowest BCUT2D eigenvalue weighted by atomic mass is 10.0. The van der Waals surface area contributed by atoms with E-state index in [2.05, 4.69) is 10.5 Å². The highest BCUT2D eigenvalue weighted by Gasteiger charge is 2.48.